The Kier molecular flexibility index (Phi) is 4.26. The van der Waals surface area contributed by atoms with E-state index in [4.69, 9.17) is 11.6 Å². The summed E-state index contributed by atoms with van der Waals surface area (Å²) in [5.41, 5.74) is 0.496. The van der Waals surface area contributed by atoms with E-state index in [0.29, 0.717) is 18.6 Å². The van der Waals surface area contributed by atoms with Gasteiger partial charge in [0.25, 0.3) is 6.47 Å². The molecule has 0 fully saturated rings. The Balaban J connectivity index is 2.88. The van der Waals surface area contributed by atoms with Gasteiger partial charge in [0, 0.05) is 18.9 Å². The van der Waals surface area contributed by atoms with Crippen LogP contribution >= 0.6 is 11.6 Å². The maximum absolute atomic E-state index is 11.2. The van der Waals surface area contributed by atoms with Gasteiger partial charge in [-0.3, -0.25) is 9.78 Å². The van der Waals surface area contributed by atoms with Gasteiger partial charge in [0.1, 0.15) is 0 Å². The fourth-order valence-electron chi connectivity index (χ4n) is 1.04. The highest BCUT2D eigenvalue weighted by atomic mass is 35.5. The summed E-state index contributed by atoms with van der Waals surface area (Å²) < 4.78 is 26.9. The second-order valence-electron chi connectivity index (χ2n) is 3.09. The molecule has 0 aromatic carbocycles. The number of carbonyl (C=O) groups is 1. The van der Waals surface area contributed by atoms with Crippen LogP contribution in [0.15, 0.2) is 17.2 Å². The number of rotatable bonds is 5. The molecule has 1 aromatic heterocycles. The number of ether oxygens (including phenoxy) is 1. The summed E-state index contributed by atoms with van der Waals surface area (Å²) in [6, 6.07) is 1.33. The van der Waals surface area contributed by atoms with Crippen molar-refractivity contribution < 1.29 is 17.9 Å². The van der Waals surface area contributed by atoms with E-state index in [0.717, 1.165) is 6.26 Å². The highest BCUT2D eigenvalue weighted by molar-refractivity contribution is 7.90. The first-order valence-corrected chi connectivity index (χ1v) is 6.62. The minimum absolute atomic E-state index is 0.0672. The molecule has 0 aliphatic rings. The summed E-state index contributed by atoms with van der Waals surface area (Å²) in [5.74, 6) is 0. The smallest absolute Gasteiger partial charge is 0.293 e. The molecule has 0 bridgehead atoms. The molecule has 1 aromatic rings. The summed E-state index contributed by atoms with van der Waals surface area (Å²) in [6.07, 6.45) is 2.66. The molecule has 0 amide bonds. The molecule has 0 spiro atoms. The zero-order chi connectivity index (χ0) is 12.2. The average molecular weight is 264 g/mol. The lowest BCUT2D eigenvalue weighted by Crippen LogP contribution is -2.03. The van der Waals surface area contributed by atoms with E-state index in [2.05, 4.69) is 9.72 Å². The number of hydrogen-bond acceptors (Lipinski definition) is 5. The first-order chi connectivity index (χ1) is 7.45. The predicted octanol–water partition coefficient (Wildman–Crippen LogP) is 0.854. The molecule has 1 rings (SSSR count). The Hall–Kier alpha value is -1.14. The van der Waals surface area contributed by atoms with Crippen molar-refractivity contribution in [3.63, 3.8) is 0 Å². The van der Waals surface area contributed by atoms with Crippen LogP contribution in [0.1, 0.15) is 5.69 Å². The first-order valence-electron chi connectivity index (χ1n) is 4.35. The van der Waals surface area contributed by atoms with Crippen molar-refractivity contribution in [2.75, 3.05) is 12.9 Å². The third kappa shape index (κ3) is 3.46. The lowest BCUT2D eigenvalue weighted by Gasteiger charge is -2.04. The minimum atomic E-state index is -3.30. The van der Waals surface area contributed by atoms with Crippen molar-refractivity contribution in [1.29, 1.82) is 0 Å². The molecule has 7 heteroatoms. The van der Waals surface area contributed by atoms with Crippen molar-refractivity contribution in [1.82, 2.24) is 4.98 Å². The number of halogens is 1. The molecule has 16 heavy (non-hydrogen) atoms. The summed E-state index contributed by atoms with van der Waals surface area (Å²) in [5, 5.41) is 0.248. The van der Waals surface area contributed by atoms with Crippen LogP contribution in [-0.4, -0.2) is 32.7 Å². The molecule has 88 valence electrons. The van der Waals surface area contributed by atoms with Crippen LogP contribution < -0.4 is 0 Å². The van der Waals surface area contributed by atoms with Crippen LogP contribution in [0.25, 0.3) is 0 Å². The quantitative estimate of drug-likeness (QED) is 0.582. The number of pyridine rings is 1. The van der Waals surface area contributed by atoms with Crippen LogP contribution in [0, 0.1) is 0 Å². The van der Waals surface area contributed by atoms with Gasteiger partial charge < -0.3 is 4.74 Å². The number of hydrogen-bond donors (Lipinski definition) is 0. The summed E-state index contributed by atoms with van der Waals surface area (Å²) in [4.78, 5) is 13.9. The average Bonchev–Trinajstić information content (AvgIpc) is 2.19. The first kappa shape index (κ1) is 12.9. The molecule has 0 saturated carbocycles. The van der Waals surface area contributed by atoms with Crippen molar-refractivity contribution in [3.05, 3.63) is 23.0 Å². The molecule has 0 N–H and O–H groups in total. The summed E-state index contributed by atoms with van der Waals surface area (Å²) in [6.45, 7) is 0.493. The van der Waals surface area contributed by atoms with Gasteiger partial charge in [0.2, 0.25) is 0 Å². The second-order valence-corrected chi connectivity index (χ2v) is 5.51. The van der Waals surface area contributed by atoms with E-state index < -0.39 is 9.84 Å². The van der Waals surface area contributed by atoms with E-state index in [1.54, 1.807) is 0 Å². The fourth-order valence-corrected chi connectivity index (χ4v) is 1.94. The van der Waals surface area contributed by atoms with E-state index in [9.17, 15) is 13.2 Å². The Labute approximate surface area is 98.3 Å². The van der Waals surface area contributed by atoms with Gasteiger partial charge in [-0.05, 0) is 6.07 Å². The highest BCUT2D eigenvalue weighted by Gasteiger charge is 2.11. The van der Waals surface area contributed by atoms with Crippen LogP contribution in [0.4, 0.5) is 0 Å². The summed E-state index contributed by atoms with van der Waals surface area (Å²) >= 11 is 5.84. The molecule has 1 heterocycles. The van der Waals surface area contributed by atoms with Crippen LogP contribution in [0.5, 0.6) is 0 Å². The standard InChI is InChI=1S/C9H10ClNO4S/c1-16(13,14)7-4-8(10)9(11-5-7)2-3-15-6-12/h4-6H,2-3H2,1H3. The van der Waals surface area contributed by atoms with Crippen molar-refractivity contribution in [2.45, 2.75) is 11.3 Å². The van der Waals surface area contributed by atoms with Gasteiger partial charge in [-0.25, -0.2) is 8.42 Å². The van der Waals surface area contributed by atoms with Crippen molar-refractivity contribution in [2.24, 2.45) is 0 Å². The highest BCUT2D eigenvalue weighted by Crippen LogP contribution is 2.18. The van der Waals surface area contributed by atoms with Crippen LogP contribution in [0.2, 0.25) is 5.02 Å². The van der Waals surface area contributed by atoms with Gasteiger partial charge >= 0.3 is 0 Å². The van der Waals surface area contributed by atoms with Gasteiger partial charge in [0.05, 0.1) is 22.2 Å². The Morgan fingerprint density at radius 1 is 1.56 bits per heavy atom. The Bertz CT molecular complexity index is 486. The topological polar surface area (TPSA) is 73.3 Å². The number of sulfone groups is 1. The largest absolute Gasteiger partial charge is 0.467 e. The van der Waals surface area contributed by atoms with Crippen molar-refractivity contribution in [3.8, 4) is 0 Å². The zero-order valence-electron chi connectivity index (χ0n) is 8.51. The fraction of sp³-hybridized carbons (Fsp3) is 0.333. The molecular formula is C9H10ClNO4S. The van der Waals surface area contributed by atoms with Crippen molar-refractivity contribution >= 4 is 27.9 Å². The number of nitrogens with zero attached hydrogens (tertiary/aromatic N) is 1. The minimum Gasteiger partial charge on any atom is -0.467 e. The van der Waals surface area contributed by atoms with Gasteiger partial charge in [0.15, 0.2) is 9.84 Å². The van der Waals surface area contributed by atoms with Gasteiger partial charge in [-0.2, -0.15) is 0 Å². The number of aromatic nitrogens is 1. The Morgan fingerprint density at radius 3 is 2.75 bits per heavy atom. The maximum atomic E-state index is 11.2. The van der Waals surface area contributed by atoms with E-state index in [-0.39, 0.29) is 16.5 Å². The van der Waals surface area contributed by atoms with Crippen LogP contribution in [-0.2, 0) is 25.8 Å². The predicted molar refractivity (Wildman–Crippen MR) is 58.1 cm³/mol. The van der Waals surface area contributed by atoms with E-state index >= 15 is 0 Å². The summed E-state index contributed by atoms with van der Waals surface area (Å²) in [7, 11) is -3.30. The maximum Gasteiger partial charge on any atom is 0.293 e. The zero-order valence-corrected chi connectivity index (χ0v) is 10.1. The molecule has 5 nitrogen and oxygen atoms in total. The van der Waals surface area contributed by atoms with Gasteiger partial charge in [-0.1, -0.05) is 11.6 Å². The van der Waals surface area contributed by atoms with E-state index in [1.807, 2.05) is 0 Å². The lowest BCUT2D eigenvalue weighted by atomic mass is 10.3. The lowest BCUT2D eigenvalue weighted by molar-refractivity contribution is -0.128. The molecule has 0 aliphatic carbocycles. The second kappa shape index (κ2) is 5.27. The molecule has 0 aliphatic heterocycles. The van der Waals surface area contributed by atoms with E-state index in [1.165, 1.54) is 12.3 Å². The van der Waals surface area contributed by atoms with Crippen LogP contribution in [0.3, 0.4) is 0 Å². The van der Waals surface area contributed by atoms with Gasteiger partial charge in [-0.15, -0.1) is 0 Å². The Morgan fingerprint density at radius 2 is 2.25 bits per heavy atom. The normalized spacial score (nSPS) is 11.1. The molecular weight excluding hydrogens is 254 g/mol. The molecule has 0 saturated heterocycles. The monoisotopic (exact) mass is 263 g/mol. The number of carbonyl (C=O) groups excluding carboxylic acids is 1. The SMILES string of the molecule is CS(=O)(=O)c1cnc(CCOC=O)c(Cl)c1. The molecule has 0 radical (unpaired) electrons. The molecule has 0 atom stereocenters. The molecule has 0 unspecified atom stereocenters. The third-order valence-corrected chi connectivity index (χ3v) is 3.25. The third-order valence-electron chi connectivity index (χ3n) is 1.85.